The standard InChI is InChI=1S/C18H34N6O6S/c1-10(18(29)30)22-16(27)13(6-8-31-2)24-17(28)12(5-3-4-7-19)23-15(26)11(20)9-14(21)25/h10-13H,3-9,19-20H2,1-2H3,(H2,21,25)(H,22,27)(H,23,26)(H,24,28)(H,29,30). The van der Waals surface area contributed by atoms with E-state index in [9.17, 15) is 24.0 Å². The fraction of sp³-hybridized carbons (Fsp3) is 0.722. The van der Waals surface area contributed by atoms with E-state index >= 15 is 0 Å². The number of unbranched alkanes of at least 4 members (excludes halogenated alkanes) is 1. The zero-order valence-corrected chi connectivity index (χ0v) is 18.7. The van der Waals surface area contributed by atoms with E-state index in [4.69, 9.17) is 22.3 Å². The van der Waals surface area contributed by atoms with Gasteiger partial charge in [0, 0.05) is 0 Å². The van der Waals surface area contributed by atoms with Crippen LogP contribution in [-0.2, 0) is 24.0 Å². The second kappa shape index (κ2) is 15.4. The van der Waals surface area contributed by atoms with Gasteiger partial charge in [-0.1, -0.05) is 0 Å². The van der Waals surface area contributed by atoms with Crippen molar-refractivity contribution in [2.45, 2.75) is 63.2 Å². The monoisotopic (exact) mass is 462 g/mol. The van der Waals surface area contributed by atoms with Gasteiger partial charge in [-0.25, -0.2) is 0 Å². The van der Waals surface area contributed by atoms with Crippen LogP contribution >= 0.6 is 11.8 Å². The Morgan fingerprint density at radius 2 is 1.48 bits per heavy atom. The summed E-state index contributed by atoms with van der Waals surface area (Å²) in [6.07, 6.45) is 3.08. The molecule has 4 unspecified atom stereocenters. The van der Waals surface area contributed by atoms with Crippen LogP contribution in [0.2, 0.25) is 0 Å². The molecule has 12 nitrogen and oxygen atoms in total. The predicted molar refractivity (Wildman–Crippen MR) is 117 cm³/mol. The molecule has 0 aromatic rings. The minimum absolute atomic E-state index is 0.237. The average molecular weight is 463 g/mol. The Hall–Kier alpha value is -2.38. The van der Waals surface area contributed by atoms with Gasteiger partial charge in [-0.05, 0) is 51.2 Å². The lowest BCUT2D eigenvalue weighted by atomic mass is 10.1. The van der Waals surface area contributed by atoms with Crippen molar-refractivity contribution in [1.29, 1.82) is 0 Å². The molecule has 13 heteroatoms. The third-order valence-corrected chi connectivity index (χ3v) is 4.95. The second-order valence-corrected chi connectivity index (χ2v) is 8.02. The van der Waals surface area contributed by atoms with Crippen molar-refractivity contribution in [3.63, 3.8) is 0 Å². The number of carboxylic acid groups (broad SMARTS) is 1. The number of amides is 4. The molecule has 0 aromatic carbocycles. The summed E-state index contributed by atoms with van der Waals surface area (Å²) in [4.78, 5) is 59.5. The SMILES string of the molecule is CSCCC(NC(=O)C(CCCCN)NC(=O)C(N)CC(N)=O)C(=O)NC(C)C(=O)O. The van der Waals surface area contributed by atoms with Gasteiger partial charge in [-0.15, -0.1) is 0 Å². The Balaban J connectivity index is 5.30. The first-order valence-corrected chi connectivity index (χ1v) is 11.3. The molecule has 0 saturated heterocycles. The fourth-order valence-corrected chi connectivity index (χ4v) is 2.97. The summed E-state index contributed by atoms with van der Waals surface area (Å²) in [5.74, 6) is -3.42. The third-order valence-electron chi connectivity index (χ3n) is 4.31. The second-order valence-electron chi connectivity index (χ2n) is 7.03. The van der Waals surface area contributed by atoms with Crippen LogP contribution in [0.25, 0.3) is 0 Å². The van der Waals surface area contributed by atoms with Crippen LogP contribution in [-0.4, -0.2) is 77.4 Å². The number of carbonyl (C=O) groups excluding carboxylic acids is 4. The molecule has 31 heavy (non-hydrogen) atoms. The molecule has 178 valence electrons. The van der Waals surface area contributed by atoms with E-state index < -0.39 is 53.8 Å². The number of nitrogens with two attached hydrogens (primary N) is 3. The molecule has 0 fully saturated rings. The molecule has 0 aliphatic rings. The van der Waals surface area contributed by atoms with Crippen LogP contribution in [0.5, 0.6) is 0 Å². The summed E-state index contributed by atoms with van der Waals surface area (Å²) in [5, 5.41) is 16.4. The van der Waals surface area contributed by atoms with Gasteiger partial charge in [0.05, 0.1) is 12.5 Å². The van der Waals surface area contributed by atoms with E-state index in [2.05, 4.69) is 16.0 Å². The van der Waals surface area contributed by atoms with Crippen molar-refractivity contribution < 1.29 is 29.1 Å². The van der Waals surface area contributed by atoms with Crippen LogP contribution in [0.15, 0.2) is 0 Å². The normalized spacial score (nSPS) is 14.6. The summed E-state index contributed by atoms with van der Waals surface area (Å²) in [6, 6.07) is -4.35. The number of primary amides is 1. The summed E-state index contributed by atoms with van der Waals surface area (Å²) >= 11 is 1.45. The lowest BCUT2D eigenvalue weighted by Gasteiger charge is -2.24. The van der Waals surface area contributed by atoms with Crippen LogP contribution in [0.1, 0.15) is 39.0 Å². The Morgan fingerprint density at radius 1 is 0.935 bits per heavy atom. The maximum absolute atomic E-state index is 12.8. The molecule has 0 aromatic heterocycles. The van der Waals surface area contributed by atoms with Crippen molar-refractivity contribution in [1.82, 2.24) is 16.0 Å². The van der Waals surface area contributed by atoms with E-state index in [1.165, 1.54) is 18.7 Å². The zero-order chi connectivity index (χ0) is 24.0. The number of thioether (sulfide) groups is 1. The smallest absolute Gasteiger partial charge is 0.325 e. The van der Waals surface area contributed by atoms with Crippen molar-refractivity contribution in [2.75, 3.05) is 18.6 Å². The maximum atomic E-state index is 12.8. The van der Waals surface area contributed by atoms with E-state index in [0.29, 0.717) is 25.1 Å². The van der Waals surface area contributed by atoms with Crippen LogP contribution < -0.4 is 33.2 Å². The molecule has 0 saturated carbocycles. The van der Waals surface area contributed by atoms with Gasteiger partial charge < -0.3 is 38.3 Å². The molecular formula is C18H34N6O6S. The minimum Gasteiger partial charge on any atom is -0.480 e. The Kier molecular flexibility index (Phi) is 14.2. The van der Waals surface area contributed by atoms with Gasteiger partial charge in [0.2, 0.25) is 23.6 Å². The van der Waals surface area contributed by atoms with E-state index in [1.54, 1.807) is 0 Å². The van der Waals surface area contributed by atoms with Gasteiger partial charge in [0.15, 0.2) is 0 Å². The Bertz CT molecular complexity index is 635. The first kappa shape index (κ1) is 28.6. The first-order chi connectivity index (χ1) is 14.5. The van der Waals surface area contributed by atoms with E-state index in [0.717, 1.165) is 0 Å². The molecule has 4 atom stereocenters. The van der Waals surface area contributed by atoms with Crippen molar-refractivity contribution >= 4 is 41.4 Å². The quantitative estimate of drug-likeness (QED) is 0.122. The molecular weight excluding hydrogens is 428 g/mol. The fourth-order valence-electron chi connectivity index (χ4n) is 2.50. The lowest BCUT2D eigenvalue weighted by Crippen LogP contribution is -2.57. The summed E-state index contributed by atoms with van der Waals surface area (Å²) in [6.45, 7) is 1.71. The van der Waals surface area contributed by atoms with Crippen molar-refractivity contribution in [3.8, 4) is 0 Å². The summed E-state index contributed by atoms with van der Waals surface area (Å²) < 4.78 is 0. The number of aliphatic carboxylic acids is 1. The van der Waals surface area contributed by atoms with Gasteiger partial charge in [-0.2, -0.15) is 11.8 Å². The maximum Gasteiger partial charge on any atom is 0.325 e. The molecule has 10 N–H and O–H groups in total. The van der Waals surface area contributed by atoms with Gasteiger partial charge in [0.1, 0.15) is 18.1 Å². The van der Waals surface area contributed by atoms with E-state index in [-0.39, 0.29) is 19.3 Å². The number of hydrogen-bond acceptors (Lipinski definition) is 8. The van der Waals surface area contributed by atoms with Crippen LogP contribution in [0, 0.1) is 0 Å². The largest absolute Gasteiger partial charge is 0.480 e. The first-order valence-electron chi connectivity index (χ1n) is 9.90. The Labute approximate surface area is 185 Å². The van der Waals surface area contributed by atoms with Crippen molar-refractivity contribution in [2.24, 2.45) is 17.2 Å². The average Bonchev–Trinajstić information content (AvgIpc) is 2.69. The molecule has 0 radical (unpaired) electrons. The topological polar surface area (TPSA) is 220 Å². The highest BCUT2D eigenvalue weighted by Gasteiger charge is 2.29. The molecule has 0 bridgehead atoms. The molecule has 0 spiro atoms. The van der Waals surface area contributed by atoms with Crippen LogP contribution in [0.3, 0.4) is 0 Å². The van der Waals surface area contributed by atoms with Crippen molar-refractivity contribution in [3.05, 3.63) is 0 Å². The highest BCUT2D eigenvalue weighted by atomic mass is 32.2. The highest BCUT2D eigenvalue weighted by Crippen LogP contribution is 2.06. The molecule has 0 aliphatic carbocycles. The third kappa shape index (κ3) is 12.2. The number of rotatable bonds is 16. The summed E-state index contributed by atoms with van der Waals surface area (Å²) in [5.41, 5.74) is 16.2. The highest BCUT2D eigenvalue weighted by molar-refractivity contribution is 7.98. The van der Waals surface area contributed by atoms with Gasteiger partial charge >= 0.3 is 5.97 Å². The molecule has 0 rings (SSSR count). The Morgan fingerprint density at radius 3 is 2.00 bits per heavy atom. The van der Waals surface area contributed by atoms with Crippen LogP contribution in [0.4, 0.5) is 0 Å². The number of carbonyl (C=O) groups is 5. The minimum atomic E-state index is -1.21. The molecule has 0 heterocycles. The number of hydrogen-bond donors (Lipinski definition) is 7. The van der Waals surface area contributed by atoms with E-state index in [1.807, 2.05) is 6.26 Å². The molecule has 4 amide bonds. The van der Waals surface area contributed by atoms with Gasteiger partial charge in [-0.3, -0.25) is 24.0 Å². The predicted octanol–water partition coefficient (Wildman–Crippen LogP) is -2.37. The zero-order valence-electron chi connectivity index (χ0n) is 17.9. The van der Waals surface area contributed by atoms with Gasteiger partial charge in [0.25, 0.3) is 0 Å². The number of nitrogens with one attached hydrogen (secondary N) is 3. The number of carboxylic acids is 1. The molecule has 0 aliphatic heterocycles. The lowest BCUT2D eigenvalue weighted by molar-refractivity contribution is -0.141. The summed E-state index contributed by atoms with van der Waals surface area (Å²) in [7, 11) is 0.